The van der Waals surface area contributed by atoms with Crippen LogP contribution in [0.5, 0.6) is 0 Å². The molecule has 1 saturated carbocycles. The van der Waals surface area contributed by atoms with Crippen LogP contribution in [0.25, 0.3) is 0 Å². The second-order valence-corrected chi connectivity index (χ2v) is 6.89. The Kier molecular flexibility index (Phi) is 10.3. The van der Waals surface area contributed by atoms with Gasteiger partial charge in [-0.1, -0.05) is 20.8 Å². The van der Waals surface area contributed by atoms with Gasteiger partial charge in [0.25, 0.3) is 0 Å². The molecule has 1 N–H and O–H groups in total. The Hall–Kier alpha value is -0.120. The van der Waals surface area contributed by atoms with E-state index < -0.39 is 0 Å². The molecule has 0 aromatic heterocycles. The third-order valence-corrected chi connectivity index (χ3v) is 4.92. The van der Waals surface area contributed by atoms with Crippen LogP contribution in [-0.2, 0) is 9.47 Å². The fourth-order valence-electron chi connectivity index (χ4n) is 3.52. The molecule has 0 bridgehead atoms. The summed E-state index contributed by atoms with van der Waals surface area (Å²) in [5.74, 6) is 2.59. The van der Waals surface area contributed by atoms with Crippen LogP contribution in [0.3, 0.4) is 0 Å². The molecule has 0 aromatic carbocycles. The van der Waals surface area contributed by atoms with E-state index in [-0.39, 0.29) is 0 Å². The van der Waals surface area contributed by atoms with E-state index in [4.69, 9.17) is 9.47 Å². The number of rotatable bonds is 11. The van der Waals surface area contributed by atoms with Gasteiger partial charge in [0.1, 0.15) is 0 Å². The van der Waals surface area contributed by atoms with Crippen molar-refractivity contribution in [3.63, 3.8) is 0 Å². The van der Waals surface area contributed by atoms with Gasteiger partial charge in [0.05, 0.1) is 13.2 Å². The van der Waals surface area contributed by atoms with E-state index in [1.165, 1.54) is 38.5 Å². The quantitative estimate of drug-likeness (QED) is 0.587. The lowest BCUT2D eigenvalue weighted by molar-refractivity contribution is 0.0634. The maximum Gasteiger partial charge on any atom is 0.0700 e. The van der Waals surface area contributed by atoms with E-state index in [0.717, 1.165) is 43.6 Å². The summed E-state index contributed by atoms with van der Waals surface area (Å²) in [4.78, 5) is 0. The summed E-state index contributed by atoms with van der Waals surface area (Å²) >= 11 is 0. The molecule has 3 nitrogen and oxygen atoms in total. The van der Waals surface area contributed by atoms with Crippen LogP contribution in [0.4, 0.5) is 0 Å². The second kappa shape index (κ2) is 11.4. The summed E-state index contributed by atoms with van der Waals surface area (Å²) in [6.07, 6.45) is 7.88. The lowest BCUT2D eigenvalue weighted by Gasteiger charge is -2.38. The van der Waals surface area contributed by atoms with Crippen LogP contribution < -0.4 is 5.32 Å². The van der Waals surface area contributed by atoms with Gasteiger partial charge in [0.2, 0.25) is 0 Å². The van der Waals surface area contributed by atoms with Crippen LogP contribution in [-0.4, -0.2) is 39.5 Å². The predicted octanol–water partition coefficient (Wildman–Crippen LogP) is 3.87. The van der Waals surface area contributed by atoms with Crippen molar-refractivity contribution in [1.82, 2.24) is 5.32 Å². The highest BCUT2D eigenvalue weighted by molar-refractivity contribution is 4.85. The Morgan fingerprint density at radius 3 is 2.62 bits per heavy atom. The minimum Gasteiger partial charge on any atom is -0.382 e. The van der Waals surface area contributed by atoms with Crippen LogP contribution in [0, 0.1) is 17.8 Å². The van der Waals surface area contributed by atoms with Crippen molar-refractivity contribution in [3.05, 3.63) is 0 Å². The molecule has 1 rings (SSSR count). The van der Waals surface area contributed by atoms with E-state index >= 15 is 0 Å². The number of nitrogens with one attached hydrogen (secondary N) is 1. The highest BCUT2D eigenvalue weighted by Crippen LogP contribution is 2.36. The molecule has 3 heteroatoms. The normalized spacial score (nSPS) is 26.4. The lowest BCUT2D eigenvalue weighted by Crippen LogP contribution is -2.42. The largest absolute Gasteiger partial charge is 0.382 e. The van der Waals surface area contributed by atoms with Crippen molar-refractivity contribution in [2.75, 3.05) is 33.5 Å². The number of methoxy groups -OCH3 is 1. The van der Waals surface area contributed by atoms with Crippen molar-refractivity contribution in [1.29, 1.82) is 0 Å². The van der Waals surface area contributed by atoms with E-state index in [0.29, 0.717) is 6.61 Å². The smallest absolute Gasteiger partial charge is 0.0700 e. The van der Waals surface area contributed by atoms with Gasteiger partial charge in [-0.15, -0.1) is 0 Å². The van der Waals surface area contributed by atoms with Crippen molar-refractivity contribution >= 4 is 0 Å². The first-order valence-corrected chi connectivity index (χ1v) is 8.99. The molecule has 1 fully saturated rings. The third kappa shape index (κ3) is 7.62. The molecule has 0 amide bonds. The molecule has 3 atom stereocenters. The van der Waals surface area contributed by atoms with E-state index in [1.807, 2.05) is 0 Å². The highest BCUT2D eigenvalue weighted by atomic mass is 16.5. The average Bonchev–Trinajstić information content (AvgIpc) is 2.49. The van der Waals surface area contributed by atoms with Crippen LogP contribution >= 0.6 is 0 Å². The number of hydrogen-bond donors (Lipinski definition) is 1. The Morgan fingerprint density at radius 1 is 1.14 bits per heavy atom. The molecule has 3 unspecified atom stereocenters. The molecule has 0 aliphatic heterocycles. The Bertz CT molecular complexity index is 245. The monoisotopic (exact) mass is 299 g/mol. The van der Waals surface area contributed by atoms with Gasteiger partial charge in [-0.2, -0.15) is 0 Å². The SMILES string of the molecule is CCCNC1CCC(C(C)C)CC1CCCOCCOC. The van der Waals surface area contributed by atoms with E-state index in [1.54, 1.807) is 7.11 Å². The molecular formula is C18H37NO2. The highest BCUT2D eigenvalue weighted by Gasteiger charge is 2.30. The van der Waals surface area contributed by atoms with Gasteiger partial charge in [-0.25, -0.2) is 0 Å². The molecule has 1 aliphatic carbocycles. The molecule has 126 valence electrons. The summed E-state index contributed by atoms with van der Waals surface area (Å²) in [6, 6.07) is 0.735. The molecule has 0 aromatic rings. The zero-order valence-electron chi connectivity index (χ0n) is 14.7. The average molecular weight is 299 g/mol. The van der Waals surface area contributed by atoms with Gasteiger partial charge < -0.3 is 14.8 Å². The molecule has 0 saturated heterocycles. The summed E-state index contributed by atoms with van der Waals surface area (Å²) < 4.78 is 10.6. The summed E-state index contributed by atoms with van der Waals surface area (Å²) in [6.45, 7) is 10.5. The second-order valence-electron chi connectivity index (χ2n) is 6.89. The van der Waals surface area contributed by atoms with Gasteiger partial charge in [-0.3, -0.25) is 0 Å². The van der Waals surface area contributed by atoms with Crippen molar-refractivity contribution in [2.24, 2.45) is 17.8 Å². The fraction of sp³-hybridized carbons (Fsp3) is 1.00. The molecule has 0 radical (unpaired) electrons. The molecule has 1 aliphatic rings. The molecule has 21 heavy (non-hydrogen) atoms. The van der Waals surface area contributed by atoms with Gasteiger partial charge in [0, 0.05) is 19.8 Å². The van der Waals surface area contributed by atoms with E-state index in [9.17, 15) is 0 Å². The molecule has 0 heterocycles. The van der Waals surface area contributed by atoms with Gasteiger partial charge in [-0.05, 0) is 62.8 Å². The fourth-order valence-corrected chi connectivity index (χ4v) is 3.52. The van der Waals surface area contributed by atoms with Gasteiger partial charge >= 0.3 is 0 Å². The third-order valence-electron chi connectivity index (χ3n) is 4.92. The minimum absolute atomic E-state index is 0.708. The topological polar surface area (TPSA) is 30.5 Å². The molecule has 0 spiro atoms. The Morgan fingerprint density at radius 2 is 1.95 bits per heavy atom. The van der Waals surface area contributed by atoms with E-state index in [2.05, 4.69) is 26.1 Å². The Labute approximate surface area is 132 Å². The standard InChI is InChI=1S/C18H37NO2/c1-5-10-19-18-9-8-16(15(2)3)14-17(18)7-6-11-21-13-12-20-4/h15-19H,5-14H2,1-4H3. The maximum atomic E-state index is 5.61. The number of hydrogen-bond acceptors (Lipinski definition) is 3. The predicted molar refractivity (Wildman–Crippen MR) is 89.7 cm³/mol. The summed E-state index contributed by atoms with van der Waals surface area (Å²) in [7, 11) is 1.72. The van der Waals surface area contributed by atoms with Crippen LogP contribution in [0.1, 0.15) is 59.3 Å². The van der Waals surface area contributed by atoms with Gasteiger partial charge in [0.15, 0.2) is 0 Å². The van der Waals surface area contributed by atoms with Crippen molar-refractivity contribution < 1.29 is 9.47 Å². The first-order valence-electron chi connectivity index (χ1n) is 8.99. The minimum atomic E-state index is 0.708. The Balaban J connectivity index is 2.31. The lowest BCUT2D eigenvalue weighted by atomic mass is 9.72. The van der Waals surface area contributed by atoms with Crippen LogP contribution in [0.2, 0.25) is 0 Å². The zero-order chi connectivity index (χ0) is 15.5. The van der Waals surface area contributed by atoms with Crippen molar-refractivity contribution in [3.8, 4) is 0 Å². The maximum absolute atomic E-state index is 5.61. The van der Waals surface area contributed by atoms with Crippen LogP contribution in [0.15, 0.2) is 0 Å². The summed E-state index contributed by atoms with van der Waals surface area (Å²) in [5.41, 5.74) is 0. The molecular weight excluding hydrogens is 262 g/mol. The summed E-state index contributed by atoms with van der Waals surface area (Å²) in [5, 5.41) is 3.78. The van der Waals surface area contributed by atoms with Crippen molar-refractivity contribution in [2.45, 2.75) is 65.3 Å². The first kappa shape index (κ1) is 18.9. The number of ether oxygens (including phenoxy) is 2. The zero-order valence-corrected chi connectivity index (χ0v) is 14.7. The first-order chi connectivity index (χ1) is 10.2.